The maximum atomic E-state index is 6.18. The third-order valence-corrected chi connectivity index (χ3v) is 6.70. The van der Waals surface area contributed by atoms with E-state index in [1.165, 1.54) is 42.8 Å². The van der Waals surface area contributed by atoms with E-state index in [9.17, 15) is 0 Å². The highest BCUT2D eigenvalue weighted by Gasteiger charge is 2.41. The van der Waals surface area contributed by atoms with E-state index in [0.29, 0.717) is 5.92 Å². The predicted octanol–water partition coefficient (Wildman–Crippen LogP) is 3.57. The van der Waals surface area contributed by atoms with Crippen LogP contribution < -0.4 is 5.32 Å². The van der Waals surface area contributed by atoms with Crippen LogP contribution in [0, 0.1) is 5.92 Å². The van der Waals surface area contributed by atoms with Crippen molar-refractivity contribution in [2.75, 3.05) is 24.7 Å². The van der Waals surface area contributed by atoms with E-state index >= 15 is 0 Å². The molecule has 0 amide bonds. The van der Waals surface area contributed by atoms with Crippen LogP contribution in [0.4, 0.5) is 0 Å². The number of nitrogens with one attached hydrogen (secondary N) is 1. The maximum Gasteiger partial charge on any atom is 0.0783 e. The monoisotopic (exact) mass is 303 g/mol. The van der Waals surface area contributed by atoms with Gasteiger partial charge in [0.25, 0.3) is 0 Å². The predicted molar refractivity (Wildman–Crippen MR) is 88.9 cm³/mol. The van der Waals surface area contributed by atoms with Gasteiger partial charge in [-0.25, -0.2) is 0 Å². The van der Waals surface area contributed by atoms with Gasteiger partial charge in [0.1, 0.15) is 0 Å². The molecule has 1 spiro atoms. The van der Waals surface area contributed by atoms with E-state index < -0.39 is 0 Å². The zero-order chi connectivity index (χ0) is 14.1. The summed E-state index contributed by atoms with van der Waals surface area (Å²) in [4.78, 5) is 0. The number of benzene rings is 1. The lowest BCUT2D eigenvalue weighted by atomic mass is 9.77. The lowest BCUT2D eigenvalue weighted by Gasteiger charge is -2.39. The van der Waals surface area contributed by atoms with Crippen LogP contribution in [0.1, 0.15) is 42.7 Å². The fourth-order valence-corrected chi connectivity index (χ4v) is 5.77. The van der Waals surface area contributed by atoms with Gasteiger partial charge in [-0.15, -0.1) is 0 Å². The highest BCUT2D eigenvalue weighted by atomic mass is 32.2. The summed E-state index contributed by atoms with van der Waals surface area (Å²) in [6, 6.07) is 9.01. The van der Waals surface area contributed by atoms with Crippen molar-refractivity contribution in [1.82, 2.24) is 5.32 Å². The SMILES string of the molecule is c1ccc2c(c1)CNCC2CC1CCOC2(CCSC2)C1. The molecule has 2 saturated heterocycles. The number of fused-ring (bicyclic) bond motifs is 1. The zero-order valence-electron chi connectivity index (χ0n) is 12.6. The molecule has 3 aliphatic heterocycles. The van der Waals surface area contributed by atoms with Crippen molar-refractivity contribution in [3.63, 3.8) is 0 Å². The van der Waals surface area contributed by atoms with Crippen molar-refractivity contribution < 1.29 is 4.74 Å². The molecule has 0 aromatic heterocycles. The van der Waals surface area contributed by atoms with E-state index in [1.807, 2.05) is 0 Å². The van der Waals surface area contributed by atoms with Gasteiger partial charge in [0, 0.05) is 25.4 Å². The van der Waals surface area contributed by atoms with Crippen molar-refractivity contribution in [2.45, 2.75) is 43.7 Å². The Morgan fingerprint density at radius 1 is 1.33 bits per heavy atom. The molecule has 3 atom stereocenters. The third-order valence-electron chi connectivity index (χ3n) is 5.48. The molecule has 1 aromatic carbocycles. The van der Waals surface area contributed by atoms with Crippen LogP contribution in [0.3, 0.4) is 0 Å². The minimum absolute atomic E-state index is 0.231. The summed E-state index contributed by atoms with van der Waals surface area (Å²) in [5.74, 6) is 4.06. The second-order valence-electron chi connectivity index (χ2n) is 6.96. The smallest absolute Gasteiger partial charge is 0.0783 e. The van der Waals surface area contributed by atoms with Crippen LogP contribution in [0.2, 0.25) is 0 Å². The molecule has 3 heteroatoms. The number of ether oxygens (including phenoxy) is 1. The third kappa shape index (κ3) is 2.88. The summed E-state index contributed by atoms with van der Waals surface area (Å²) in [6.07, 6.45) is 5.15. The lowest BCUT2D eigenvalue weighted by Crippen LogP contribution is -2.41. The first kappa shape index (κ1) is 14.1. The highest BCUT2D eigenvalue weighted by Crippen LogP contribution is 2.43. The summed E-state index contributed by atoms with van der Waals surface area (Å²) < 4.78 is 6.18. The minimum Gasteiger partial charge on any atom is -0.374 e. The summed E-state index contributed by atoms with van der Waals surface area (Å²) in [7, 11) is 0. The van der Waals surface area contributed by atoms with Gasteiger partial charge in [0.05, 0.1) is 5.60 Å². The average molecular weight is 303 g/mol. The Bertz CT molecular complexity index is 498. The maximum absolute atomic E-state index is 6.18. The molecule has 0 bridgehead atoms. The van der Waals surface area contributed by atoms with E-state index in [1.54, 1.807) is 5.56 Å². The fourth-order valence-electron chi connectivity index (χ4n) is 4.39. The van der Waals surface area contributed by atoms with Gasteiger partial charge >= 0.3 is 0 Å². The Hall–Kier alpha value is -0.510. The largest absolute Gasteiger partial charge is 0.374 e. The molecule has 2 nitrogen and oxygen atoms in total. The Kier molecular flexibility index (Phi) is 3.99. The molecule has 114 valence electrons. The van der Waals surface area contributed by atoms with Crippen molar-refractivity contribution in [1.29, 1.82) is 0 Å². The molecule has 21 heavy (non-hydrogen) atoms. The van der Waals surface area contributed by atoms with Gasteiger partial charge in [0.2, 0.25) is 0 Å². The van der Waals surface area contributed by atoms with Crippen molar-refractivity contribution in [2.24, 2.45) is 5.92 Å². The average Bonchev–Trinajstić information content (AvgIpc) is 2.95. The highest BCUT2D eigenvalue weighted by molar-refractivity contribution is 7.99. The van der Waals surface area contributed by atoms with Gasteiger partial charge < -0.3 is 10.1 Å². The van der Waals surface area contributed by atoms with Crippen molar-refractivity contribution in [3.8, 4) is 0 Å². The van der Waals surface area contributed by atoms with Gasteiger partial charge in [-0.2, -0.15) is 11.8 Å². The molecule has 3 heterocycles. The van der Waals surface area contributed by atoms with Crippen LogP contribution in [0.25, 0.3) is 0 Å². The summed E-state index contributed by atoms with van der Waals surface area (Å²) in [5, 5.41) is 3.61. The van der Waals surface area contributed by atoms with Gasteiger partial charge in [-0.1, -0.05) is 24.3 Å². The first-order valence-corrected chi connectivity index (χ1v) is 9.50. The lowest BCUT2D eigenvalue weighted by molar-refractivity contribution is -0.0814. The van der Waals surface area contributed by atoms with Crippen LogP contribution in [-0.4, -0.2) is 30.3 Å². The minimum atomic E-state index is 0.231. The van der Waals surface area contributed by atoms with Crippen LogP contribution in [-0.2, 0) is 11.3 Å². The van der Waals surface area contributed by atoms with Crippen LogP contribution in [0.5, 0.6) is 0 Å². The van der Waals surface area contributed by atoms with Gasteiger partial charge in [-0.3, -0.25) is 0 Å². The molecule has 2 fully saturated rings. The Morgan fingerprint density at radius 3 is 3.19 bits per heavy atom. The fraction of sp³-hybridized carbons (Fsp3) is 0.667. The number of hydrogen-bond acceptors (Lipinski definition) is 3. The summed E-state index contributed by atoms with van der Waals surface area (Å²) in [6.45, 7) is 3.17. The molecule has 1 N–H and O–H groups in total. The first-order chi connectivity index (χ1) is 10.3. The summed E-state index contributed by atoms with van der Waals surface area (Å²) in [5.41, 5.74) is 3.33. The second-order valence-corrected chi connectivity index (χ2v) is 8.06. The number of rotatable bonds is 2. The molecule has 0 aliphatic carbocycles. The molecule has 3 aliphatic rings. The standard InChI is InChI=1S/C18H25NOS/c1-2-4-17-15(3-1)11-19-12-16(17)9-14-5-7-20-18(10-14)6-8-21-13-18/h1-4,14,16,19H,5-13H2. The number of thioether (sulfide) groups is 1. The van der Waals surface area contributed by atoms with E-state index in [4.69, 9.17) is 4.74 Å². The molecule has 1 aromatic rings. The van der Waals surface area contributed by atoms with Crippen molar-refractivity contribution >= 4 is 11.8 Å². The second kappa shape index (κ2) is 5.94. The zero-order valence-corrected chi connectivity index (χ0v) is 13.5. The topological polar surface area (TPSA) is 21.3 Å². The molecule has 3 unspecified atom stereocenters. The summed E-state index contributed by atoms with van der Waals surface area (Å²) >= 11 is 2.08. The van der Waals surface area contributed by atoms with Gasteiger partial charge in [0.15, 0.2) is 0 Å². The molecule has 4 rings (SSSR count). The van der Waals surface area contributed by atoms with E-state index in [-0.39, 0.29) is 5.60 Å². The van der Waals surface area contributed by atoms with Crippen molar-refractivity contribution in [3.05, 3.63) is 35.4 Å². The molecule has 0 saturated carbocycles. The quantitative estimate of drug-likeness (QED) is 0.902. The first-order valence-electron chi connectivity index (χ1n) is 8.35. The normalized spacial score (nSPS) is 35.8. The molecular formula is C18H25NOS. The molecular weight excluding hydrogens is 278 g/mol. The molecule has 0 radical (unpaired) electrons. The van der Waals surface area contributed by atoms with E-state index in [2.05, 4.69) is 41.3 Å². The van der Waals surface area contributed by atoms with E-state index in [0.717, 1.165) is 25.6 Å². The van der Waals surface area contributed by atoms with Crippen LogP contribution >= 0.6 is 11.8 Å². The number of hydrogen-bond donors (Lipinski definition) is 1. The Labute approximate surface area is 132 Å². The van der Waals surface area contributed by atoms with Crippen LogP contribution in [0.15, 0.2) is 24.3 Å². The van der Waals surface area contributed by atoms with Gasteiger partial charge in [-0.05, 0) is 54.4 Å². The Balaban J connectivity index is 1.46. The Morgan fingerprint density at radius 2 is 2.29 bits per heavy atom.